The van der Waals surface area contributed by atoms with Crippen molar-refractivity contribution < 1.29 is 4.74 Å². The molecule has 15 heavy (non-hydrogen) atoms. The van der Waals surface area contributed by atoms with E-state index in [1.54, 1.807) is 11.3 Å². The lowest BCUT2D eigenvalue weighted by molar-refractivity contribution is 0.187. The summed E-state index contributed by atoms with van der Waals surface area (Å²) in [5.41, 5.74) is 0. The fraction of sp³-hybridized carbons (Fsp3) is 0.727. The molecule has 1 N–H and O–H groups in total. The predicted molar refractivity (Wildman–Crippen MR) is 62.2 cm³/mol. The molecule has 1 aromatic heterocycles. The first kappa shape index (κ1) is 11.0. The van der Waals surface area contributed by atoms with Crippen LogP contribution in [0, 0.1) is 6.92 Å². The van der Waals surface area contributed by atoms with Gasteiger partial charge in [-0.3, -0.25) is 0 Å². The Morgan fingerprint density at radius 3 is 3.13 bits per heavy atom. The highest BCUT2D eigenvalue weighted by atomic mass is 32.1. The molecule has 2 heterocycles. The van der Waals surface area contributed by atoms with Crippen LogP contribution in [0.25, 0.3) is 0 Å². The molecule has 0 bridgehead atoms. The van der Waals surface area contributed by atoms with Crippen LogP contribution in [0.15, 0.2) is 6.20 Å². The zero-order chi connectivity index (χ0) is 10.7. The largest absolute Gasteiger partial charge is 0.380 e. The molecule has 84 valence electrons. The quantitative estimate of drug-likeness (QED) is 0.855. The van der Waals surface area contributed by atoms with E-state index < -0.39 is 0 Å². The molecule has 1 aliphatic rings. The zero-order valence-electron chi connectivity index (χ0n) is 9.32. The summed E-state index contributed by atoms with van der Waals surface area (Å²) in [6, 6.07) is 0.912. The molecule has 1 fully saturated rings. The average Bonchev–Trinajstić information content (AvgIpc) is 2.85. The second-order valence-electron chi connectivity index (χ2n) is 4.00. The Kier molecular flexibility index (Phi) is 3.72. The summed E-state index contributed by atoms with van der Waals surface area (Å²) in [6.07, 6.45) is 4.17. The van der Waals surface area contributed by atoms with Gasteiger partial charge in [-0.1, -0.05) is 6.92 Å². The van der Waals surface area contributed by atoms with Crippen molar-refractivity contribution in [2.45, 2.75) is 38.8 Å². The molecule has 0 aliphatic carbocycles. The van der Waals surface area contributed by atoms with Gasteiger partial charge in [-0.25, -0.2) is 4.98 Å². The van der Waals surface area contributed by atoms with Crippen molar-refractivity contribution in [1.29, 1.82) is 0 Å². The Morgan fingerprint density at radius 1 is 1.73 bits per heavy atom. The standard InChI is InChI=1S/C11H18N2OS/c1-3-10(11-12-6-8(2)15-11)13-9-4-5-14-7-9/h6,9-10,13H,3-5,7H2,1-2H3. The fourth-order valence-electron chi connectivity index (χ4n) is 1.85. The third-order valence-electron chi connectivity index (χ3n) is 2.71. The van der Waals surface area contributed by atoms with E-state index in [2.05, 4.69) is 24.1 Å². The number of aromatic nitrogens is 1. The summed E-state index contributed by atoms with van der Waals surface area (Å²) in [4.78, 5) is 5.73. The van der Waals surface area contributed by atoms with Crippen LogP contribution in [0.5, 0.6) is 0 Å². The normalized spacial score (nSPS) is 23.2. The van der Waals surface area contributed by atoms with E-state index >= 15 is 0 Å². The topological polar surface area (TPSA) is 34.1 Å². The highest BCUT2D eigenvalue weighted by molar-refractivity contribution is 7.11. The summed E-state index contributed by atoms with van der Waals surface area (Å²) in [6.45, 7) is 6.04. The van der Waals surface area contributed by atoms with Crippen LogP contribution in [0.4, 0.5) is 0 Å². The van der Waals surface area contributed by atoms with Crippen LogP contribution in [-0.2, 0) is 4.74 Å². The van der Waals surface area contributed by atoms with Crippen molar-refractivity contribution in [2.24, 2.45) is 0 Å². The first-order chi connectivity index (χ1) is 7.29. The second kappa shape index (κ2) is 5.05. The molecule has 1 aliphatic heterocycles. The van der Waals surface area contributed by atoms with Gasteiger partial charge >= 0.3 is 0 Å². The fourth-order valence-corrected chi connectivity index (χ4v) is 2.77. The minimum atomic E-state index is 0.399. The van der Waals surface area contributed by atoms with E-state index in [1.807, 2.05) is 6.20 Å². The monoisotopic (exact) mass is 226 g/mol. The molecule has 2 unspecified atom stereocenters. The van der Waals surface area contributed by atoms with Crippen LogP contribution >= 0.6 is 11.3 Å². The van der Waals surface area contributed by atoms with Crippen molar-refractivity contribution in [2.75, 3.05) is 13.2 Å². The number of aryl methyl sites for hydroxylation is 1. The van der Waals surface area contributed by atoms with Gasteiger partial charge in [-0.2, -0.15) is 0 Å². The molecule has 4 heteroatoms. The summed E-state index contributed by atoms with van der Waals surface area (Å²) < 4.78 is 5.36. The van der Waals surface area contributed by atoms with Crippen LogP contribution in [0.3, 0.4) is 0 Å². The molecule has 2 atom stereocenters. The lowest BCUT2D eigenvalue weighted by Gasteiger charge is -2.18. The van der Waals surface area contributed by atoms with Crippen LogP contribution < -0.4 is 5.32 Å². The zero-order valence-corrected chi connectivity index (χ0v) is 10.1. The first-order valence-electron chi connectivity index (χ1n) is 5.55. The predicted octanol–water partition coefficient (Wildman–Crippen LogP) is 2.28. The number of rotatable bonds is 4. The Hall–Kier alpha value is -0.450. The maximum absolute atomic E-state index is 5.36. The summed E-state index contributed by atoms with van der Waals surface area (Å²) in [5.74, 6) is 0. The maximum Gasteiger partial charge on any atom is 0.110 e. The third-order valence-corrected chi connectivity index (χ3v) is 3.74. The third kappa shape index (κ3) is 2.77. The SMILES string of the molecule is CCC(NC1CCOC1)c1ncc(C)s1. The molecule has 0 spiro atoms. The van der Waals surface area contributed by atoms with Gasteiger partial charge in [-0.05, 0) is 19.8 Å². The van der Waals surface area contributed by atoms with E-state index in [0.717, 1.165) is 26.1 Å². The number of hydrogen-bond acceptors (Lipinski definition) is 4. The summed E-state index contributed by atoms with van der Waals surface area (Å²) in [5, 5.41) is 4.83. The van der Waals surface area contributed by atoms with Gasteiger partial charge in [0.1, 0.15) is 5.01 Å². The molecule has 0 radical (unpaired) electrons. The molecule has 0 saturated carbocycles. The van der Waals surface area contributed by atoms with Crippen molar-refractivity contribution in [3.8, 4) is 0 Å². The van der Waals surface area contributed by atoms with Crippen LogP contribution in [0.1, 0.15) is 35.7 Å². The highest BCUT2D eigenvalue weighted by Gasteiger charge is 2.21. The molecule has 3 nitrogen and oxygen atoms in total. The Bertz CT molecular complexity index is 307. The van der Waals surface area contributed by atoms with Gasteiger partial charge in [0, 0.05) is 23.7 Å². The molecule has 1 aromatic rings. The van der Waals surface area contributed by atoms with Gasteiger partial charge in [0.25, 0.3) is 0 Å². The van der Waals surface area contributed by atoms with Gasteiger partial charge in [0.15, 0.2) is 0 Å². The molecular weight excluding hydrogens is 208 g/mol. The highest BCUT2D eigenvalue weighted by Crippen LogP contribution is 2.23. The molecule has 0 amide bonds. The lowest BCUT2D eigenvalue weighted by atomic mass is 10.2. The summed E-state index contributed by atoms with van der Waals surface area (Å²) in [7, 11) is 0. The van der Waals surface area contributed by atoms with Crippen molar-refractivity contribution in [1.82, 2.24) is 10.3 Å². The van der Waals surface area contributed by atoms with E-state index in [1.165, 1.54) is 9.88 Å². The minimum absolute atomic E-state index is 0.399. The van der Waals surface area contributed by atoms with E-state index in [4.69, 9.17) is 4.74 Å². The van der Waals surface area contributed by atoms with E-state index in [-0.39, 0.29) is 0 Å². The Labute approximate surface area is 94.9 Å². The minimum Gasteiger partial charge on any atom is -0.380 e. The van der Waals surface area contributed by atoms with E-state index in [9.17, 15) is 0 Å². The number of hydrogen-bond donors (Lipinski definition) is 1. The molecule has 0 aromatic carbocycles. The molecular formula is C11H18N2OS. The summed E-state index contributed by atoms with van der Waals surface area (Å²) >= 11 is 1.79. The molecule has 2 rings (SSSR count). The molecule has 1 saturated heterocycles. The Balaban J connectivity index is 1.97. The number of nitrogens with zero attached hydrogens (tertiary/aromatic N) is 1. The van der Waals surface area contributed by atoms with Crippen LogP contribution in [-0.4, -0.2) is 24.2 Å². The van der Waals surface area contributed by atoms with Gasteiger partial charge in [0.05, 0.1) is 12.6 Å². The maximum atomic E-state index is 5.36. The van der Waals surface area contributed by atoms with Crippen LogP contribution in [0.2, 0.25) is 0 Å². The van der Waals surface area contributed by atoms with Crippen molar-refractivity contribution >= 4 is 11.3 Å². The lowest BCUT2D eigenvalue weighted by Crippen LogP contribution is -2.32. The van der Waals surface area contributed by atoms with Gasteiger partial charge < -0.3 is 10.1 Å². The van der Waals surface area contributed by atoms with Crippen molar-refractivity contribution in [3.63, 3.8) is 0 Å². The average molecular weight is 226 g/mol. The van der Waals surface area contributed by atoms with E-state index in [0.29, 0.717) is 12.1 Å². The van der Waals surface area contributed by atoms with Crippen molar-refractivity contribution in [3.05, 3.63) is 16.1 Å². The van der Waals surface area contributed by atoms with Gasteiger partial charge in [-0.15, -0.1) is 11.3 Å². The smallest absolute Gasteiger partial charge is 0.110 e. The first-order valence-corrected chi connectivity index (χ1v) is 6.37. The second-order valence-corrected chi connectivity index (χ2v) is 5.26. The number of thiazole rings is 1. The number of nitrogens with one attached hydrogen (secondary N) is 1. The number of ether oxygens (including phenoxy) is 1. The van der Waals surface area contributed by atoms with Gasteiger partial charge in [0.2, 0.25) is 0 Å². The Morgan fingerprint density at radius 2 is 2.60 bits per heavy atom.